The van der Waals surface area contributed by atoms with E-state index in [1.54, 1.807) is 24.3 Å². The van der Waals surface area contributed by atoms with Gasteiger partial charge < -0.3 is 5.32 Å². The first-order valence-electron chi connectivity index (χ1n) is 7.96. The molecule has 8 heteroatoms. The summed E-state index contributed by atoms with van der Waals surface area (Å²) in [6, 6.07) is 12.2. The summed E-state index contributed by atoms with van der Waals surface area (Å²) in [5.41, 5.74) is 2.22. The SMILES string of the molecule is Cc1cc(NC(=O)CCCN(c2cccc(Cl)c2)S(C)(=O)=O)ccc1Br. The van der Waals surface area contributed by atoms with Crippen LogP contribution in [0.5, 0.6) is 0 Å². The van der Waals surface area contributed by atoms with Crippen LogP contribution in [0.15, 0.2) is 46.9 Å². The second-order valence-electron chi connectivity index (χ2n) is 5.93. The van der Waals surface area contributed by atoms with Gasteiger partial charge >= 0.3 is 0 Å². The summed E-state index contributed by atoms with van der Waals surface area (Å²) in [5.74, 6) is -0.161. The lowest BCUT2D eigenvalue weighted by Crippen LogP contribution is -2.31. The molecule has 26 heavy (non-hydrogen) atoms. The molecule has 140 valence electrons. The first-order valence-corrected chi connectivity index (χ1v) is 11.0. The van der Waals surface area contributed by atoms with Gasteiger partial charge in [-0.1, -0.05) is 33.6 Å². The summed E-state index contributed by atoms with van der Waals surface area (Å²) in [5, 5.41) is 3.28. The van der Waals surface area contributed by atoms with Crippen LogP contribution >= 0.6 is 27.5 Å². The summed E-state index contributed by atoms with van der Waals surface area (Å²) in [6.07, 6.45) is 1.74. The van der Waals surface area contributed by atoms with Crippen molar-refractivity contribution >= 4 is 54.8 Å². The minimum Gasteiger partial charge on any atom is -0.326 e. The molecule has 0 aliphatic rings. The number of carbonyl (C=O) groups is 1. The second kappa shape index (κ2) is 8.88. The van der Waals surface area contributed by atoms with E-state index in [-0.39, 0.29) is 18.9 Å². The Bertz CT molecular complexity index is 903. The molecule has 0 bridgehead atoms. The molecule has 0 saturated heterocycles. The van der Waals surface area contributed by atoms with Crippen LogP contribution in [-0.4, -0.2) is 27.1 Å². The van der Waals surface area contributed by atoms with Crippen molar-refractivity contribution in [2.45, 2.75) is 19.8 Å². The molecule has 0 aliphatic carbocycles. The number of hydrogen-bond donors (Lipinski definition) is 1. The number of nitrogens with one attached hydrogen (secondary N) is 1. The highest BCUT2D eigenvalue weighted by Crippen LogP contribution is 2.23. The molecule has 1 N–H and O–H groups in total. The topological polar surface area (TPSA) is 66.5 Å². The maximum absolute atomic E-state index is 12.1. The number of halogens is 2. The van der Waals surface area contributed by atoms with Crippen molar-refractivity contribution < 1.29 is 13.2 Å². The Labute approximate surface area is 167 Å². The number of anilines is 2. The average Bonchev–Trinajstić information content (AvgIpc) is 2.54. The third-order valence-corrected chi connectivity index (χ3v) is 6.02. The molecule has 1 amide bonds. The van der Waals surface area contributed by atoms with Gasteiger partial charge in [-0.2, -0.15) is 0 Å². The van der Waals surface area contributed by atoms with Crippen LogP contribution in [0.25, 0.3) is 0 Å². The van der Waals surface area contributed by atoms with Gasteiger partial charge in [0.1, 0.15) is 0 Å². The van der Waals surface area contributed by atoms with Crippen molar-refractivity contribution in [2.24, 2.45) is 0 Å². The van der Waals surface area contributed by atoms with E-state index in [1.807, 2.05) is 25.1 Å². The molecule has 0 atom stereocenters. The minimum absolute atomic E-state index is 0.161. The molecular formula is C18H20BrClN2O3S. The van der Waals surface area contributed by atoms with Crippen molar-refractivity contribution in [3.05, 3.63) is 57.5 Å². The summed E-state index contributed by atoms with van der Waals surface area (Å²) in [7, 11) is -3.46. The normalized spacial score (nSPS) is 11.2. The Balaban J connectivity index is 1.96. The van der Waals surface area contributed by atoms with Gasteiger partial charge in [-0.3, -0.25) is 9.10 Å². The van der Waals surface area contributed by atoms with Gasteiger partial charge in [0.2, 0.25) is 15.9 Å². The number of rotatable bonds is 7. The summed E-state index contributed by atoms with van der Waals surface area (Å²) in [6.45, 7) is 2.14. The van der Waals surface area contributed by atoms with E-state index in [4.69, 9.17) is 11.6 Å². The predicted octanol–water partition coefficient (Wildman–Crippen LogP) is 4.60. The van der Waals surface area contributed by atoms with Crippen molar-refractivity contribution in [3.8, 4) is 0 Å². The summed E-state index contributed by atoms with van der Waals surface area (Å²) in [4.78, 5) is 12.1. The van der Waals surface area contributed by atoms with Crippen molar-refractivity contribution in [2.75, 3.05) is 22.4 Å². The van der Waals surface area contributed by atoms with Gasteiger partial charge in [-0.25, -0.2) is 8.42 Å². The zero-order chi connectivity index (χ0) is 19.3. The third kappa shape index (κ3) is 6.00. The Morgan fingerprint density at radius 2 is 1.96 bits per heavy atom. The number of carbonyl (C=O) groups excluding carboxylic acids is 1. The molecule has 2 rings (SSSR count). The summed E-state index contributed by atoms with van der Waals surface area (Å²) < 4.78 is 26.3. The fourth-order valence-electron chi connectivity index (χ4n) is 2.45. The minimum atomic E-state index is -3.46. The van der Waals surface area contributed by atoms with Crippen LogP contribution in [0.4, 0.5) is 11.4 Å². The molecule has 0 aromatic heterocycles. The zero-order valence-corrected chi connectivity index (χ0v) is 17.7. The van der Waals surface area contributed by atoms with Gasteiger partial charge in [-0.05, 0) is 55.3 Å². The van der Waals surface area contributed by atoms with Crippen molar-refractivity contribution in [1.29, 1.82) is 0 Å². The van der Waals surface area contributed by atoms with Crippen LogP contribution in [0, 0.1) is 6.92 Å². The zero-order valence-electron chi connectivity index (χ0n) is 14.5. The van der Waals surface area contributed by atoms with Gasteiger partial charge in [0.15, 0.2) is 0 Å². The van der Waals surface area contributed by atoms with Crippen LogP contribution in [0.2, 0.25) is 5.02 Å². The van der Waals surface area contributed by atoms with Crippen molar-refractivity contribution in [3.63, 3.8) is 0 Å². The molecule has 0 saturated carbocycles. The lowest BCUT2D eigenvalue weighted by atomic mass is 10.2. The average molecular weight is 460 g/mol. The number of amides is 1. The Kier molecular flexibility index (Phi) is 7.08. The van der Waals surface area contributed by atoms with Gasteiger partial charge in [0.25, 0.3) is 0 Å². The Hall–Kier alpha value is -1.57. The van der Waals surface area contributed by atoms with Crippen LogP contribution < -0.4 is 9.62 Å². The van der Waals surface area contributed by atoms with E-state index in [2.05, 4.69) is 21.2 Å². The van der Waals surface area contributed by atoms with E-state index in [9.17, 15) is 13.2 Å². The van der Waals surface area contributed by atoms with E-state index in [0.717, 1.165) is 16.3 Å². The largest absolute Gasteiger partial charge is 0.326 e. The quantitative estimate of drug-likeness (QED) is 0.658. The molecule has 2 aromatic carbocycles. The third-order valence-electron chi connectivity index (χ3n) is 3.70. The first-order chi connectivity index (χ1) is 12.2. The molecular weight excluding hydrogens is 440 g/mol. The van der Waals surface area contributed by atoms with Crippen LogP contribution in [-0.2, 0) is 14.8 Å². The standard InChI is InChI=1S/C18H20BrClN2O3S/c1-13-11-15(8-9-17(13)19)21-18(23)7-4-10-22(26(2,24)25)16-6-3-5-14(20)12-16/h3,5-6,8-9,11-12H,4,7,10H2,1-2H3,(H,21,23). The Morgan fingerprint density at radius 1 is 1.23 bits per heavy atom. The smallest absolute Gasteiger partial charge is 0.232 e. The molecule has 5 nitrogen and oxygen atoms in total. The molecule has 0 heterocycles. The van der Waals surface area contributed by atoms with Crippen LogP contribution in [0.1, 0.15) is 18.4 Å². The highest BCUT2D eigenvalue weighted by atomic mass is 79.9. The van der Waals surface area contributed by atoms with E-state index < -0.39 is 10.0 Å². The molecule has 0 aliphatic heterocycles. The predicted molar refractivity (Wildman–Crippen MR) is 110 cm³/mol. The van der Waals surface area contributed by atoms with Gasteiger partial charge in [0.05, 0.1) is 11.9 Å². The highest BCUT2D eigenvalue weighted by Gasteiger charge is 2.18. The lowest BCUT2D eigenvalue weighted by molar-refractivity contribution is -0.116. The Morgan fingerprint density at radius 3 is 2.58 bits per heavy atom. The molecule has 0 unspecified atom stereocenters. The summed E-state index contributed by atoms with van der Waals surface area (Å²) >= 11 is 9.36. The van der Waals surface area contributed by atoms with Gasteiger partial charge in [0, 0.05) is 28.1 Å². The first kappa shape index (κ1) is 20.7. The lowest BCUT2D eigenvalue weighted by Gasteiger charge is -2.22. The van der Waals surface area contributed by atoms with E-state index in [0.29, 0.717) is 22.8 Å². The maximum Gasteiger partial charge on any atom is 0.232 e. The van der Waals surface area contributed by atoms with Crippen LogP contribution in [0.3, 0.4) is 0 Å². The van der Waals surface area contributed by atoms with E-state index >= 15 is 0 Å². The van der Waals surface area contributed by atoms with Gasteiger partial charge in [-0.15, -0.1) is 0 Å². The number of aryl methyl sites for hydroxylation is 1. The number of sulfonamides is 1. The number of benzene rings is 2. The van der Waals surface area contributed by atoms with E-state index in [1.165, 1.54) is 4.31 Å². The molecule has 0 radical (unpaired) electrons. The highest BCUT2D eigenvalue weighted by molar-refractivity contribution is 9.10. The monoisotopic (exact) mass is 458 g/mol. The fourth-order valence-corrected chi connectivity index (χ4v) is 3.84. The molecule has 0 spiro atoms. The molecule has 0 fully saturated rings. The molecule has 2 aromatic rings. The van der Waals surface area contributed by atoms with Crippen molar-refractivity contribution in [1.82, 2.24) is 0 Å². The fraction of sp³-hybridized carbons (Fsp3) is 0.278. The number of nitrogens with zero attached hydrogens (tertiary/aromatic N) is 1. The number of hydrogen-bond acceptors (Lipinski definition) is 3. The second-order valence-corrected chi connectivity index (χ2v) is 9.13. The maximum atomic E-state index is 12.1.